The second-order valence-corrected chi connectivity index (χ2v) is 6.96. The van der Waals surface area contributed by atoms with Crippen LogP contribution in [0.5, 0.6) is 0 Å². The van der Waals surface area contributed by atoms with Crippen molar-refractivity contribution in [1.82, 2.24) is 0 Å². The quantitative estimate of drug-likeness (QED) is 0.334. The van der Waals surface area contributed by atoms with Crippen LogP contribution in [0.1, 0.15) is 52.4 Å². The van der Waals surface area contributed by atoms with E-state index in [-0.39, 0.29) is 16.7 Å². The van der Waals surface area contributed by atoms with Crippen molar-refractivity contribution in [3.8, 4) is 0 Å². The number of hydrogen-bond acceptors (Lipinski definition) is 1. The van der Waals surface area contributed by atoms with Crippen molar-refractivity contribution in [2.24, 2.45) is 0 Å². The molecule has 0 spiro atoms. The fourth-order valence-corrected chi connectivity index (χ4v) is 3.22. The van der Waals surface area contributed by atoms with Gasteiger partial charge in [-0.1, -0.05) is 42.8 Å². The molecule has 9 heteroatoms. The van der Waals surface area contributed by atoms with Crippen molar-refractivity contribution in [2.45, 2.75) is 38.5 Å². The summed E-state index contributed by atoms with van der Waals surface area (Å²) in [5.74, 6) is -4.84. The van der Waals surface area contributed by atoms with E-state index < -0.39 is 46.6 Å². The summed E-state index contributed by atoms with van der Waals surface area (Å²) in [5.41, 5.74) is -2.60. The average molecular weight is 453 g/mol. The van der Waals surface area contributed by atoms with E-state index in [0.29, 0.717) is 18.1 Å². The Balaban J connectivity index is 2.57. The van der Waals surface area contributed by atoms with E-state index in [1.54, 1.807) is 6.92 Å². The fourth-order valence-electron chi connectivity index (χ4n) is 2.90. The van der Waals surface area contributed by atoms with Crippen molar-refractivity contribution < 1.29 is 35.5 Å². The Labute approximate surface area is 173 Å². The Hall–Kier alpha value is -2.35. The van der Waals surface area contributed by atoms with E-state index in [1.807, 2.05) is 0 Å². The number of ketones is 1. The first-order valence-electron chi connectivity index (χ1n) is 8.70. The minimum Gasteiger partial charge on any atom is -0.294 e. The van der Waals surface area contributed by atoms with Crippen molar-refractivity contribution >= 4 is 23.2 Å². The Kier molecular flexibility index (Phi) is 7.01. The van der Waals surface area contributed by atoms with Gasteiger partial charge in [-0.3, -0.25) is 4.79 Å². The van der Waals surface area contributed by atoms with Gasteiger partial charge in [0.2, 0.25) is 0 Å². The van der Waals surface area contributed by atoms with Crippen LogP contribution in [0.3, 0.4) is 0 Å². The second-order valence-electron chi connectivity index (χ2n) is 6.55. The lowest BCUT2D eigenvalue weighted by molar-refractivity contribution is -0.140. The van der Waals surface area contributed by atoms with Crippen molar-refractivity contribution in [2.75, 3.05) is 0 Å². The monoisotopic (exact) mass is 452 g/mol. The third-order valence-corrected chi connectivity index (χ3v) is 4.81. The molecule has 2 rings (SSSR count). The predicted molar refractivity (Wildman–Crippen MR) is 100 cm³/mol. The highest BCUT2D eigenvalue weighted by Crippen LogP contribution is 2.40. The van der Waals surface area contributed by atoms with Crippen LogP contribution >= 0.6 is 11.6 Å². The van der Waals surface area contributed by atoms with Crippen LogP contribution in [0.4, 0.5) is 30.7 Å². The normalized spacial score (nSPS) is 14.0. The van der Waals surface area contributed by atoms with Gasteiger partial charge in [0.05, 0.1) is 5.56 Å². The van der Waals surface area contributed by atoms with Crippen LogP contribution in [0.25, 0.3) is 5.83 Å². The van der Waals surface area contributed by atoms with Gasteiger partial charge in [-0.15, -0.1) is 0 Å². The summed E-state index contributed by atoms with van der Waals surface area (Å²) in [4.78, 5) is 11.4. The zero-order valence-corrected chi connectivity index (χ0v) is 16.5. The third kappa shape index (κ3) is 5.41. The molecule has 0 amide bonds. The molecule has 0 aromatic heterocycles. The summed E-state index contributed by atoms with van der Waals surface area (Å²) >= 11 is 5.96. The molecule has 0 fully saturated rings. The lowest BCUT2D eigenvalue weighted by Gasteiger charge is -2.19. The predicted octanol–water partition coefficient (Wildman–Crippen LogP) is 7.78. The van der Waals surface area contributed by atoms with Crippen LogP contribution in [0, 0.1) is 0 Å². The van der Waals surface area contributed by atoms with Gasteiger partial charge in [0.15, 0.2) is 5.78 Å². The number of allylic oxidation sites excluding steroid dienone is 1. The molecule has 162 valence electrons. The van der Waals surface area contributed by atoms with Gasteiger partial charge in [0.1, 0.15) is 11.7 Å². The summed E-state index contributed by atoms with van der Waals surface area (Å²) in [6.45, 7) is 2.66. The van der Waals surface area contributed by atoms with Crippen LogP contribution in [0.2, 0.25) is 5.02 Å². The second kappa shape index (κ2) is 8.79. The van der Waals surface area contributed by atoms with E-state index in [0.717, 1.165) is 31.2 Å². The maximum atomic E-state index is 14.6. The number of aryl methyl sites for hydroxylation is 1. The molecule has 0 heterocycles. The number of hydrogen-bond donors (Lipinski definition) is 0. The fraction of sp³-hybridized carbons (Fsp3) is 0.286. The SMILES string of the molecule is CCc1ccc(C(/C=C(\F)c2ccc(C(C)=O)c(C(F)(F)F)c2)C(F)(F)F)cc1Cl. The highest BCUT2D eigenvalue weighted by Gasteiger charge is 2.40. The molecule has 0 aliphatic rings. The first-order valence-corrected chi connectivity index (χ1v) is 9.08. The zero-order chi connectivity index (χ0) is 22.9. The number of halogens is 8. The molecule has 0 bridgehead atoms. The van der Waals surface area contributed by atoms with Gasteiger partial charge in [-0.05, 0) is 42.7 Å². The Morgan fingerprint density at radius 1 is 1.07 bits per heavy atom. The molecule has 1 unspecified atom stereocenters. The molecule has 1 atom stereocenters. The van der Waals surface area contributed by atoms with Crippen LogP contribution in [-0.2, 0) is 12.6 Å². The Bertz CT molecular complexity index is 974. The van der Waals surface area contributed by atoms with E-state index in [1.165, 1.54) is 6.07 Å². The van der Waals surface area contributed by atoms with Crippen molar-refractivity contribution in [1.29, 1.82) is 0 Å². The van der Waals surface area contributed by atoms with E-state index in [2.05, 4.69) is 0 Å². The third-order valence-electron chi connectivity index (χ3n) is 4.46. The number of carbonyl (C=O) groups is 1. The molecule has 1 nitrogen and oxygen atoms in total. The lowest BCUT2D eigenvalue weighted by Crippen LogP contribution is -2.19. The smallest absolute Gasteiger partial charge is 0.294 e. The molecule has 0 aliphatic heterocycles. The lowest BCUT2D eigenvalue weighted by atomic mass is 9.94. The molecule has 0 aliphatic carbocycles. The van der Waals surface area contributed by atoms with Crippen LogP contribution < -0.4 is 0 Å². The number of Topliss-reactive ketones (excluding diaryl/α,β-unsaturated/α-hetero) is 1. The van der Waals surface area contributed by atoms with Gasteiger partial charge in [0.25, 0.3) is 0 Å². The number of alkyl halides is 6. The minimum absolute atomic E-state index is 0.0724. The number of benzene rings is 2. The topological polar surface area (TPSA) is 17.1 Å². The largest absolute Gasteiger partial charge is 0.417 e. The highest BCUT2D eigenvalue weighted by molar-refractivity contribution is 6.31. The molecule has 30 heavy (non-hydrogen) atoms. The number of rotatable bonds is 5. The summed E-state index contributed by atoms with van der Waals surface area (Å²) in [6, 6.07) is 5.48. The molecule has 2 aromatic rings. The number of carbonyl (C=O) groups excluding carboxylic acids is 1. The summed E-state index contributed by atoms with van der Waals surface area (Å²) < 4.78 is 94.9. The first-order chi connectivity index (χ1) is 13.8. The molecule has 0 saturated heterocycles. The molecule has 0 saturated carbocycles. The Morgan fingerprint density at radius 3 is 2.17 bits per heavy atom. The highest BCUT2D eigenvalue weighted by atomic mass is 35.5. The summed E-state index contributed by atoms with van der Waals surface area (Å²) in [7, 11) is 0. The maximum Gasteiger partial charge on any atom is 0.417 e. The molecular weight excluding hydrogens is 437 g/mol. The van der Waals surface area contributed by atoms with Gasteiger partial charge < -0.3 is 0 Å². The summed E-state index contributed by atoms with van der Waals surface area (Å²) in [6.07, 6.45) is -9.23. The van der Waals surface area contributed by atoms with Gasteiger partial charge in [-0.2, -0.15) is 26.3 Å². The maximum absolute atomic E-state index is 14.6. The standard InChI is InChI=1S/C21H16ClF7O/c1-3-12-4-5-13(9-18(12)22)16(20(24,25)26)10-19(23)14-6-7-15(11(2)30)17(8-14)21(27,28)29/h4-10,16H,3H2,1-2H3/b19-10-. The average Bonchev–Trinajstić information content (AvgIpc) is 2.63. The van der Waals surface area contributed by atoms with Crippen molar-refractivity contribution in [3.05, 3.63) is 75.3 Å². The molecular formula is C21H16ClF7O. The molecule has 0 radical (unpaired) electrons. The van der Waals surface area contributed by atoms with E-state index in [9.17, 15) is 35.5 Å². The molecule has 2 aromatic carbocycles. The van der Waals surface area contributed by atoms with E-state index in [4.69, 9.17) is 11.6 Å². The Morgan fingerprint density at radius 2 is 1.70 bits per heavy atom. The zero-order valence-electron chi connectivity index (χ0n) is 15.8. The minimum atomic E-state index is -4.98. The van der Waals surface area contributed by atoms with E-state index >= 15 is 0 Å². The van der Waals surface area contributed by atoms with Gasteiger partial charge in [0, 0.05) is 16.1 Å². The van der Waals surface area contributed by atoms with Crippen LogP contribution in [-0.4, -0.2) is 12.0 Å². The first kappa shape index (κ1) is 23.9. The summed E-state index contributed by atoms with van der Waals surface area (Å²) in [5, 5.41) is 0.0724. The van der Waals surface area contributed by atoms with Gasteiger partial charge in [-0.25, -0.2) is 4.39 Å². The van der Waals surface area contributed by atoms with Crippen molar-refractivity contribution in [3.63, 3.8) is 0 Å². The molecule has 0 N–H and O–H groups in total. The van der Waals surface area contributed by atoms with Gasteiger partial charge >= 0.3 is 12.4 Å². The van der Waals surface area contributed by atoms with Crippen LogP contribution in [0.15, 0.2) is 42.5 Å².